The Bertz CT molecular complexity index is 916. The molecular weight excluding hydrogens is 405 g/mol. The zero-order valence-corrected chi connectivity index (χ0v) is 18.4. The molecule has 0 N–H and O–H groups in total. The summed E-state index contributed by atoms with van der Waals surface area (Å²) in [5, 5.41) is 13.3. The highest BCUT2D eigenvalue weighted by Crippen LogP contribution is 2.35. The quantitative estimate of drug-likeness (QED) is 0.396. The Morgan fingerprint density at radius 3 is 2.62 bits per heavy atom. The molecule has 2 heterocycles. The van der Waals surface area contributed by atoms with E-state index in [0.29, 0.717) is 10.0 Å². The number of halogens is 2. The molecule has 0 radical (unpaired) electrons. The van der Waals surface area contributed by atoms with E-state index in [-0.39, 0.29) is 6.04 Å². The van der Waals surface area contributed by atoms with Gasteiger partial charge in [-0.15, -0.1) is 21.5 Å². The summed E-state index contributed by atoms with van der Waals surface area (Å²) in [5.74, 6) is 1.73. The standard InChI is InChI=1S/C19H21Cl2N3S2/c1-5-14-12(4)25-10-15(14)18-22-23-19(24(18)11(2)3)26-9-13-6-7-16(20)17(21)8-13/h6-8,10-11H,5,9H2,1-4H3. The lowest BCUT2D eigenvalue weighted by atomic mass is 10.1. The Hall–Kier alpha value is -1.01. The predicted molar refractivity (Wildman–Crippen MR) is 114 cm³/mol. The van der Waals surface area contributed by atoms with Crippen LogP contribution in [-0.4, -0.2) is 14.8 Å². The van der Waals surface area contributed by atoms with Crippen LogP contribution in [0, 0.1) is 6.92 Å². The number of benzene rings is 1. The van der Waals surface area contributed by atoms with Gasteiger partial charge in [0.2, 0.25) is 0 Å². The van der Waals surface area contributed by atoms with Crippen LogP contribution in [0.25, 0.3) is 11.4 Å². The molecular formula is C19H21Cl2N3S2. The second-order valence-electron chi connectivity index (χ2n) is 6.34. The first-order chi connectivity index (χ1) is 12.4. The van der Waals surface area contributed by atoms with Crippen LogP contribution in [0.3, 0.4) is 0 Å². The molecule has 0 unspecified atom stereocenters. The van der Waals surface area contributed by atoms with E-state index < -0.39 is 0 Å². The van der Waals surface area contributed by atoms with Gasteiger partial charge in [0.05, 0.1) is 10.0 Å². The smallest absolute Gasteiger partial charge is 0.192 e. The van der Waals surface area contributed by atoms with Crippen LogP contribution in [-0.2, 0) is 12.2 Å². The summed E-state index contributed by atoms with van der Waals surface area (Å²) in [5.41, 5.74) is 3.69. The molecule has 2 aromatic heterocycles. The van der Waals surface area contributed by atoms with Gasteiger partial charge in [0.15, 0.2) is 11.0 Å². The summed E-state index contributed by atoms with van der Waals surface area (Å²) >= 11 is 15.6. The average molecular weight is 426 g/mol. The minimum Gasteiger partial charge on any atom is -0.299 e. The molecule has 0 aliphatic carbocycles. The van der Waals surface area contributed by atoms with Crippen LogP contribution < -0.4 is 0 Å². The number of aryl methyl sites for hydroxylation is 1. The van der Waals surface area contributed by atoms with Crippen molar-refractivity contribution in [2.24, 2.45) is 0 Å². The lowest BCUT2D eigenvalue weighted by molar-refractivity contribution is 0.555. The second-order valence-corrected chi connectivity index (χ2v) is 9.19. The van der Waals surface area contributed by atoms with Crippen LogP contribution in [0.2, 0.25) is 10.0 Å². The number of hydrogen-bond donors (Lipinski definition) is 0. The monoisotopic (exact) mass is 425 g/mol. The van der Waals surface area contributed by atoms with E-state index in [0.717, 1.165) is 28.7 Å². The van der Waals surface area contributed by atoms with Crippen molar-refractivity contribution in [1.29, 1.82) is 0 Å². The van der Waals surface area contributed by atoms with E-state index >= 15 is 0 Å². The van der Waals surface area contributed by atoms with E-state index in [9.17, 15) is 0 Å². The summed E-state index contributed by atoms with van der Waals surface area (Å²) in [6.45, 7) is 8.69. The normalized spacial score (nSPS) is 11.5. The molecule has 26 heavy (non-hydrogen) atoms. The van der Waals surface area contributed by atoms with Crippen molar-refractivity contribution in [3.8, 4) is 11.4 Å². The molecule has 7 heteroatoms. The largest absolute Gasteiger partial charge is 0.299 e. The zero-order valence-electron chi connectivity index (χ0n) is 15.2. The third-order valence-electron chi connectivity index (χ3n) is 4.23. The summed E-state index contributed by atoms with van der Waals surface area (Å²) < 4.78 is 2.23. The number of nitrogens with zero attached hydrogens (tertiary/aromatic N) is 3. The lowest BCUT2D eigenvalue weighted by Gasteiger charge is -2.14. The Balaban J connectivity index is 1.91. The molecule has 3 nitrogen and oxygen atoms in total. The van der Waals surface area contributed by atoms with Crippen LogP contribution in [0.15, 0.2) is 28.7 Å². The van der Waals surface area contributed by atoms with Gasteiger partial charge in [-0.1, -0.05) is 48.0 Å². The van der Waals surface area contributed by atoms with Gasteiger partial charge < -0.3 is 0 Å². The third-order valence-corrected chi connectivity index (χ3v) is 6.94. The molecule has 0 aliphatic heterocycles. The van der Waals surface area contributed by atoms with Crippen LogP contribution in [0.5, 0.6) is 0 Å². The summed E-state index contributed by atoms with van der Waals surface area (Å²) in [7, 11) is 0. The Labute approximate surface area is 172 Å². The number of rotatable bonds is 6. The van der Waals surface area contributed by atoms with Gasteiger partial charge in [0.1, 0.15) is 0 Å². The van der Waals surface area contributed by atoms with E-state index in [1.54, 1.807) is 23.1 Å². The van der Waals surface area contributed by atoms with Gasteiger partial charge >= 0.3 is 0 Å². The van der Waals surface area contributed by atoms with E-state index in [4.69, 9.17) is 23.2 Å². The maximum Gasteiger partial charge on any atom is 0.192 e. The highest BCUT2D eigenvalue weighted by molar-refractivity contribution is 7.98. The SMILES string of the molecule is CCc1c(-c2nnc(SCc3ccc(Cl)c(Cl)c3)n2C(C)C)csc1C. The fraction of sp³-hybridized carbons (Fsp3) is 0.368. The first-order valence-electron chi connectivity index (χ1n) is 8.51. The fourth-order valence-corrected chi connectivity index (χ4v) is 5.18. The molecule has 0 amide bonds. The van der Waals surface area contributed by atoms with Gasteiger partial charge in [0.25, 0.3) is 0 Å². The van der Waals surface area contributed by atoms with Gasteiger partial charge in [-0.2, -0.15) is 0 Å². The van der Waals surface area contributed by atoms with Gasteiger partial charge in [-0.3, -0.25) is 4.57 Å². The Morgan fingerprint density at radius 1 is 1.19 bits per heavy atom. The molecule has 1 aromatic carbocycles. The highest BCUT2D eigenvalue weighted by Gasteiger charge is 2.20. The molecule has 0 saturated carbocycles. The number of thioether (sulfide) groups is 1. The van der Waals surface area contributed by atoms with Gasteiger partial charge in [-0.05, 0) is 50.5 Å². The fourth-order valence-electron chi connectivity index (χ4n) is 2.91. The van der Waals surface area contributed by atoms with Crippen molar-refractivity contribution in [3.63, 3.8) is 0 Å². The molecule has 3 rings (SSSR count). The first kappa shape index (κ1) is 19.7. The minimum absolute atomic E-state index is 0.279. The average Bonchev–Trinajstić information content (AvgIpc) is 3.18. The van der Waals surface area contributed by atoms with Crippen molar-refractivity contribution in [3.05, 3.63) is 49.6 Å². The number of thiophene rings is 1. The molecule has 0 fully saturated rings. The van der Waals surface area contributed by atoms with Gasteiger partial charge in [0, 0.05) is 27.6 Å². The zero-order chi connectivity index (χ0) is 18.8. The predicted octanol–water partition coefficient (Wildman–Crippen LogP) is 7.06. The molecule has 0 atom stereocenters. The van der Waals surface area contributed by atoms with Crippen LogP contribution >= 0.6 is 46.3 Å². The first-order valence-corrected chi connectivity index (χ1v) is 11.1. The number of hydrogen-bond acceptors (Lipinski definition) is 4. The highest BCUT2D eigenvalue weighted by atomic mass is 35.5. The molecule has 138 valence electrons. The van der Waals surface area contributed by atoms with Crippen molar-refractivity contribution in [1.82, 2.24) is 14.8 Å². The molecule has 0 bridgehead atoms. The molecule has 0 saturated heterocycles. The lowest BCUT2D eigenvalue weighted by Crippen LogP contribution is -2.05. The summed E-state index contributed by atoms with van der Waals surface area (Å²) in [4.78, 5) is 1.35. The third kappa shape index (κ3) is 3.96. The van der Waals surface area contributed by atoms with Crippen molar-refractivity contribution in [2.75, 3.05) is 0 Å². The van der Waals surface area contributed by atoms with Crippen LogP contribution in [0.4, 0.5) is 0 Å². The van der Waals surface area contributed by atoms with E-state index in [1.807, 2.05) is 18.2 Å². The van der Waals surface area contributed by atoms with E-state index in [1.165, 1.54) is 16.0 Å². The minimum atomic E-state index is 0.279. The Kier molecular flexibility index (Phi) is 6.33. The Morgan fingerprint density at radius 2 is 1.96 bits per heavy atom. The molecule has 0 aliphatic rings. The summed E-state index contributed by atoms with van der Waals surface area (Å²) in [6.07, 6.45) is 1.00. The van der Waals surface area contributed by atoms with Crippen molar-refractivity contribution >= 4 is 46.3 Å². The number of aromatic nitrogens is 3. The maximum absolute atomic E-state index is 6.12. The molecule has 0 spiro atoms. The topological polar surface area (TPSA) is 30.7 Å². The second kappa shape index (κ2) is 8.34. The van der Waals surface area contributed by atoms with Crippen molar-refractivity contribution < 1.29 is 0 Å². The van der Waals surface area contributed by atoms with Crippen LogP contribution in [0.1, 0.15) is 42.8 Å². The maximum atomic E-state index is 6.12. The summed E-state index contributed by atoms with van der Waals surface area (Å²) in [6, 6.07) is 6.02. The van der Waals surface area contributed by atoms with Gasteiger partial charge in [-0.25, -0.2) is 0 Å². The molecule has 3 aromatic rings. The van der Waals surface area contributed by atoms with E-state index in [2.05, 4.69) is 47.8 Å². The van der Waals surface area contributed by atoms with Crippen molar-refractivity contribution in [2.45, 2.75) is 51.1 Å².